The quantitative estimate of drug-likeness (QED) is 0.572. The zero-order valence-electron chi connectivity index (χ0n) is 11.3. The molecule has 1 rings (SSSR count). The molecule has 0 fully saturated rings. The molecule has 4 heteroatoms. The van der Waals surface area contributed by atoms with Crippen molar-refractivity contribution in [1.29, 1.82) is 0 Å². The molecular formula is C14H23NO3. The highest BCUT2D eigenvalue weighted by Crippen LogP contribution is 2.18. The number of ether oxygens (including phenoxy) is 1. The Labute approximate surface area is 109 Å². The van der Waals surface area contributed by atoms with Gasteiger partial charge in [-0.15, -0.1) is 0 Å². The summed E-state index contributed by atoms with van der Waals surface area (Å²) in [4.78, 5) is 11.5. The fourth-order valence-electron chi connectivity index (χ4n) is 1.72. The molecule has 0 aliphatic carbocycles. The first-order chi connectivity index (χ1) is 8.67. The van der Waals surface area contributed by atoms with Crippen LogP contribution in [-0.2, 0) is 16.1 Å². The van der Waals surface area contributed by atoms with Crippen LogP contribution in [0.25, 0.3) is 0 Å². The average molecular weight is 253 g/mol. The first-order valence-electron chi connectivity index (χ1n) is 6.66. The molecular weight excluding hydrogens is 230 g/mol. The molecule has 1 N–H and O–H groups in total. The number of unbranched alkanes of at least 4 members (excludes halogenated alkanes) is 1. The number of carbonyl (C=O) groups excluding carboxylic acids is 1. The van der Waals surface area contributed by atoms with Gasteiger partial charge in [-0.3, -0.25) is 4.79 Å². The molecule has 1 aromatic heterocycles. The Morgan fingerprint density at radius 3 is 2.89 bits per heavy atom. The number of hydrogen-bond donors (Lipinski definition) is 1. The van der Waals surface area contributed by atoms with Gasteiger partial charge in [0.1, 0.15) is 6.54 Å². The molecule has 0 aliphatic rings. The second kappa shape index (κ2) is 7.93. The van der Waals surface area contributed by atoms with Gasteiger partial charge in [0.05, 0.1) is 12.7 Å². The van der Waals surface area contributed by atoms with Crippen LogP contribution in [0.5, 0.6) is 0 Å². The molecule has 0 spiro atoms. The molecule has 0 bridgehead atoms. The third kappa shape index (κ3) is 4.92. The molecule has 1 unspecified atom stereocenters. The minimum Gasteiger partial charge on any atom is -0.464 e. The lowest BCUT2D eigenvalue weighted by molar-refractivity contribution is -0.144. The molecule has 18 heavy (non-hydrogen) atoms. The Morgan fingerprint density at radius 2 is 2.22 bits per heavy atom. The average Bonchev–Trinajstić information content (AvgIpc) is 2.78. The first-order valence-corrected chi connectivity index (χ1v) is 6.66. The molecule has 0 amide bonds. The topological polar surface area (TPSA) is 51.5 Å². The van der Waals surface area contributed by atoms with E-state index in [1.807, 2.05) is 13.0 Å². The fourth-order valence-corrected chi connectivity index (χ4v) is 1.72. The van der Waals surface area contributed by atoms with Gasteiger partial charge in [-0.05, 0) is 24.5 Å². The Morgan fingerprint density at radius 1 is 1.44 bits per heavy atom. The van der Waals surface area contributed by atoms with Crippen LogP contribution in [0, 0.1) is 0 Å². The van der Waals surface area contributed by atoms with E-state index in [1.54, 1.807) is 17.0 Å². The molecule has 0 saturated carbocycles. The van der Waals surface area contributed by atoms with E-state index in [-0.39, 0.29) is 12.5 Å². The van der Waals surface area contributed by atoms with Crippen LogP contribution < -0.4 is 0 Å². The van der Waals surface area contributed by atoms with Crippen molar-refractivity contribution in [3.63, 3.8) is 0 Å². The lowest BCUT2D eigenvalue weighted by Gasteiger charge is -2.07. The van der Waals surface area contributed by atoms with E-state index in [2.05, 4.69) is 6.92 Å². The molecule has 1 atom stereocenters. The Hall–Kier alpha value is -1.29. The molecule has 0 radical (unpaired) electrons. The van der Waals surface area contributed by atoms with Crippen molar-refractivity contribution in [2.45, 2.75) is 52.2 Å². The van der Waals surface area contributed by atoms with Gasteiger partial charge >= 0.3 is 5.97 Å². The molecule has 4 nitrogen and oxygen atoms in total. The summed E-state index contributed by atoms with van der Waals surface area (Å²) in [5, 5.41) is 9.81. The number of nitrogens with zero attached hydrogens (tertiary/aromatic N) is 1. The maximum atomic E-state index is 11.5. The molecule has 0 aliphatic heterocycles. The summed E-state index contributed by atoms with van der Waals surface area (Å²) >= 11 is 0. The van der Waals surface area contributed by atoms with Crippen molar-refractivity contribution in [2.75, 3.05) is 6.61 Å². The van der Waals surface area contributed by atoms with Crippen molar-refractivity contribution in [3.8, 4) is 0 Å². The Balaban J connectivity index is 2.41. The normalized spacial score (nSPS) is 12.4. The van der Waals surface area contributed by atoms with E-state index >= 15 is 0 Å². The number of hydrogen-bond acceptors (Lipinski definition) is 3. The highest BCUT2D eigenvalue weighted by Gasteiger charge is 2.09. The number of aromatic nitrogens is 1. The summed E-state index contributed by atoms with van der Waals surface area (Å²) in [6.07, 6.45) is 6.77. The number of aliphatic hydroxyl groups is 1. The zero-order valence-corrected chi connectivity index (χ0v) is 11.3. The van der Waals surface area contributed by atoms with E-state index in [9.17, 15) is 9.90 Å². The fraction of sp³-hybridized carbons (Fsp3) is 0.643. The highest BCUT2D eigenvalue weighted by molar-refractivity contribution is 5.69. The third-order valence-corrected chi connectivity index (χ3v) is 2.79. The smallest absolute Gasteiger partial charge is 0.325 e. The number of carbonyl (C=O) groups is 1. The van der Waals surface area contributed by atoms with Crippen LogP contribution in [-0.4, -0.2) is 22.2 Å². The highest BCUT2D eigenvalue weighted by atomic mass is 16.5. The van der Waals surface area contributed by atoms with Crippen molar-refractivity contribution < 1.29 is 14.6 Å². The second-order valence-electron chi connectivity index (χ2n) is 4.50. The zero-order chi connectivity index (χ0) is 13.4. The Kier molecular flexibility index (Phi) is 6.50. The van der Waals surface area contributed by atoms with E-state index < -0.39 is 6.10 Å². The van der Waals surface area contributed by atoms with Gasteiger partial charge in [0.25, 0.3) is 0 Å². The monoisotopic (exact) mass is 253 g/mol. The predicted molar refractivity (Wildman–Crippen MR) is 70.2 cm³/mol. The SMILES string of the molecule is CCCCOC(=O)Cn1ccc(C(O)CCC)c1. The van der Waals surface area contributed by atoms with Crippen molar-refractivity contribution in [1.82, 2.24) is 4.57 Å². The minimum atomic E-state index is -0.438. The van der Waals surface area contributed by atoms with E-state index in [0.29, 0.717) is 6.61 Å². The van der Waals surface area contributed by atoms with Gasteiger partial charge in [-0.25, -0.2) is 0 Å². The van der Waals surface area contributed by atoms with Crippen LogP contribution in [0.3, 0.4) is 0 Å². The van der Waals surface area contributed by atoms with Crippen LogP contribution in [0.2, 0.25) is 0 Å². The van der Waals surface area contributed by atoms with E-state index in [0.717, 1.165) is 31.2 Å². The minimum absolute atomic E-state index is 0.211. The number of esters is 1. The van der Waals surface area contributed by atoms with E-state index in [4.69, 9.17) is 4.74 Å². The van der Waals surface area contributed by atoms with Crippen molar-refractivity contribution >= 4 is 5.97 Å². The largest absolute Gasteiger partial charge is 0.464 e. The molecule has 0 saturated heterocycles. The number of aliphatic hydroxyl groups excluding tert-OH is 1. The van der Waals surface area contributed by atoms with Gasteiger partial charge in [-0.1, -0.05) is 26.7 Å². The van der Waals surface area contributed by atoms with Gasteiger partial charge in [-0.2, -0.15) is 0 Å². The first kappa shape index (κ1) is 14.8. The summed E-state index contributed by atoms with van der Waals surface area (Å²) in [6, 6.07) is 1.85. The van der Waals surface area contributed by atoms with Crippen LogP contribution in [0.1, 0.15) is 51.2 Å². The molecule has 1 aromatic rings. The van der Waals surface area contributed by atoms with Crippen LogP contribution >= 0.6 is 0 Å². The summed E-state index contributed by atoms with van der Waals surface area (Å²) < 4.78 is 6.83. The summed E-state index contributed by atoms with van der Waals surface area (Å²) in [7, 11) is 0. The standard InChI is InChI=1S/C14H23NO3/c1-3-5-9-18-14(17)11-15-8-7-12(10-15)13(16)6-4-2/h7-8,10,13,16H,3-6,9,11H2,1-2H3. The van der Waals surface area contributed by atoms with Gasteiger partial charge in [0.15, 0.2) is 0 Å². The summed E-state index contributed by atoms with van der Waals surface area (Å²) in [6.45, 7) is 4.79. The van der Waals surface area contributed by atoms with Crippen molar-refractivity contribution in [3.05, 3.63) is 24.0 Å². The van der Waals surface area contributed by atoms with Gasteiger partial charge in [0.2, 0.25) is 0 Å². The van der Waals surface area contributed by atoms with Crippen molar-refractivity contribution in [2.24, 2.45) is 0 Å². The maximum absolute atomic E-state index is 11.5. The molecule has 1 heterocycles. The lowest BCUT2D eigenvalue weighted by Crippen LogP contribution is -2.13. The predicted octanol–water partition coefficient (Wildman–Crippen LogP) is 2.66. The summed E-state index contributed by atoms with van der Waals surface area (Å²) in [5.41, 5.74) is 0.859. The van der Waals surface area contributed by atoms with Crippen LogP contribution in [0.15, 0.2) is 18.5 Å². The molecule has 102 valence electrons. The Bertz CT molecular complexity index is 360. The lowest BCUT2D eigenvalue weighted by atomic mass is 10.1. The maximum Gasteiger partial charge on any atom is 0.325 e. The van der Waals surface area contributed by atoms with Gasteiger partial charge < -0.3 is 14.4 Å². The second-order valence-corrected chi connectivity index (χ2v) is 4.50. The third-order valence-electron chi connectivity index (χ3n) is 2.79. The summed E-state index contributed by atoms with van der Waals surface area (Å²) in [5.74, 6) is -0.226. The van der Waals surface area contributed by atoms with Gasteiger partial charge in [0, 0.05) is 12.4 Å². The van der Waals surface area contributed by atoms with Crippen LogP contribution in [0.4, 0.5) is 0 Å². The number of rotatable bonds is 8. The van der Waals surface area contributed by atoms with E-state index in [1.165, 1.54) is 0 Å². The molecule has 0 aromatic carbocycles.